The lowest BCUT2D eigenvalue weighted by Gasteiger charge is -2.19. The first-order chi connectivity index (χ1) is 28.7. The van der Waals surface area contributed by atoms with Gasteiger partial charge < -0.3 is 35.4 Å². The van der Waals surface area contributed by atoms with Gasteiger partial charge in [0, 0.05) is 31.0 Å². The SMILES string of the molecule is CC(C)(C)OC(=O)NCCS.CC(C)(C)OC(=O)NCCSc1nonc1C(=Nc1ccc(F)c(C#N)c1)NO.N#Cc1cc(C/C(=N\O)c2nonc2[N+](=O)[O-])ccc1F. The molecule has 5 N–H and O–H groups in total. The van der Waals surface area contributed by atoms with Gasteiger partial charge in [-0.1, -0.05) is 23.0 Å². The van der Waals surface area contributed by atoms with Gasteiger partial charge in [-0.2, -0.15) is 23.2 Å². The standard InChI is InChI=1S/C17H19FN6O4S.C11H6FN5O4.C7H15NO2S/c1-17(2,3)27-16(25)20-6-7-29-15-13(23-28-24-15)14(22-26)21-11-4-5-12(18)10(8-11)9-19;12-8-2-1-6(3-7(8)5-13)4-9(14-18)10-11(17(19)20)16-21-15-10;1-7(2,3)10-6(9)8-4-5-11/h4-5,8,26H,6-7H2,1-3H3,(H,20,25)(H,21,22);1-3,18H,4H2;11H,4-5H2,1-3H3,(H,8,9)/b;14-9+;. The monoisotopic (exact) mass is 890 g/mol. The van der Waals surface area contributed by atoms with E-state index >= 15 is 0 Å². The predicted molar refractivity (Wildman–Crippen MR) is 214 cm³/mol. The van der Waals surface area contributed by atoms with Crippen molar-refractivity contribution in [3.05, 3.63) is 86.2 Å². The van der Waals surface area contributed by atoms with Gasteiger partial charge in [-0.05, 0) is 97.8 Å². The van der Waals surface area contributed by atoms with Crippen LogP contribution in [-0.2, 0) is 15.9 Å². The summed E-state index contributed by atoms with van der Waals surface area (Å²) in [5.74, 6) is -1.15. The molecule has 2 aromatic carbocycles. The predicted octanol–water partition coefficient (Wildman–Crippen LogP) is 5.60. The minimum atomic E-state index is -0.845. The molecule has 0 aliphatic carbocycles. The summed E-state index contributed by atoms with van der Waals surface area (Å²) in [6, 6.07) is 10.7. The zero-order valence-electron chi connectivity index (χ0n) is 33.3. The number of nitrogens with zero attached hydrogens (tertiary/aromatic N) is 9. The summed E-state index contributed by atoms with van der Waals surface area (Å²) in [5.41, 5.74) is 0.677. The number of thioether (sulfide) groups is 1. The van der Waals surface area contributed by atoms with Gasteiger partial charge in [-0.3, -0.25) is 10.7 Å². The lowest BCUT2D eigenvalue weighted by atomic mass is 10.0. The number of carbonyl (C=O) groups is 2. The molecule has 0 radical (unpaired) electrons. The Kier molecular flexibility index (Phi) is 20.0. The second-order valence-corrected chi connectivity index (χ2v) is 15.1. The van der Waals surface area contributed by atoms with Gasteiger partial charge in [0.1, 0.15) is 40.7 Å². The summed E-state index contributed by atoms with van der Waals surface area (Å²) in [6.07, 6.45) is -1.05. The van der Waals surface area contributed by atoms with Gasteiger partial charge in [0.25, 0.3) is 0 Å². The van der Waals surface area contributed by atoms with Crippen LogP contribution in [0, 0.1) is 44.4 Å². The molecular formula is C35H40F2N12O10S2. The topological polar surface area (TPSA) is 322 Å². The molecule has 4 aromatic rings. The Balaban J connectivity index is 0.000000349. The van der Waals surface area contributed by atoms with Gasteiger partial charge in [-0.15, -0.1) is 4.63 Å². The van der Waals surface area contributed by atoms with E-state index < -0.39 is 39.7 Å². The van der Waals surface area contributed by atoms with Crippen LogP contribution in [0.5, 0.6) is 0 Å². The molecule has 2 aromatic heterocycles. The minimum absolute atomic E-state index is 0.107. The molecule has 326 valence electrons. The lowest BCUT2D eigenvalue weighted by Crippen LogP contribution is -2.33. The Hall–Kier alpha value is -6.90. The quantitative estimate of drug-likeness (QED) is 0.0147. The number of hydrogen-bond donors (Lipinski definition) is 6. The number of carbonyl (C=O) groups excluding carboxylic acids is 2. The molecule has 2 heterocycles. The van der Waals surface area contributed by atoms with Gasteiger partial charge in [0.2, 0.25) is 5.69 Å². The molecule has 26 heteroatoms. The lowest BCUT2D eigenvalue weighted by molar-refractivity contribution is -0.391. The van der Waals surface area contributed by atoms with Crippen molar-refractivity contribution in [2.75, 3.05) is 24.6 Å². The maximum Gasteiger partial charge on any atom is 0.444 e. The number of nitriles is 2. The second-order valence-electron chi connectivity index (χ2n) is 13.5. The smallest absolute Gasteiger partial charge is 0.444 e. The van der Waals surface area contributed by atoms with E-state index in [1.807, 2.05) is 26.3 Å². The van der Waals surface area contributed by atoms with Crippen LogP contribution in [-0.4, -0.2) is 95.5 Å². The molecule has 22 nitrogen and oxygen atoms in total. The van der Waals surface area contributed by atoms with E-state index in [0.717, 1.165) is 12.1 Å². The van der Waals surface area contributed by atoms with Crippen LogP contribution in [0.1, 0.15) is 69.6 Å². The first-order valence-electron chi connectivity index (χ1n) is 17.3. The Bertz CT molecular complexity index is 2260. The summed E-state index contributed by atoms with van der Waals surface area (Å²) in [5, 5.41) is 68.9. The number of amides is 2. The number of hydroxylamine groups is 1. The van der Waals surface area contributed by atoms with Crippen molar-refractivity contribution in [3.63, 3.8) is 0 Å². The molecule has 0 unspecified atom stereocenters. The van der Waals surface area contributed by atoms with Crippen LogP contribution >= 0.6 is 24.4 Å². The third-order valence-electron chi connectivity index (χ3n) is 6.45. The van der Waals surface area contributed by atoms with Crippen molar-refractivity contribution >= 4 is 59.6 Å². The molecule has 0 atom stereocenters. The number of benzene rings is 2. The van der Waals surface area contributed by atoms with Gasteiger partial charge in [0.05, 0.1) is 16.8 Å². The zero-order chi connectivity index (χ0) is 45.8. The first kappa shape index (κ1) is 50.2. The molecule has 61 heavy (non-hydrogen) atoms. The van der Waals surface area contributed by atoms with E-state index in [2.05, 4.69) is 58.7 Å². The molecule has 0 spiro atoms. The zero-order valence-corrected chi connectivity index (χ0v) is 35.0. The van der Waals surface area contributed by atoms with Crippen molar-refractivity contribution in [1.82, 2.24) is 36.7 Å². The van der Waals surface area contributed by atoms with Crippen LogP contribution in [0.3, 0.4) is 0 Å². The van der Waals surface area contributed by atoms with E-state index in [4.69, 9.17) is 29.8 Å². The molecule has 2 amide bonds. The molecular weight excluding hydrogens is 851 g/mol. The van der Waals surface area contributed by atoms with Gasteiger partial charge >= 0.3 is 18.0 Å². The van der Waals surface area contributed by atoms with Crippen LogP contribution in [0.2, 0.25) is 0 Å². The molecule has 4 rings (SSSR count). The highest BCUT2D eigenvalue weighted by atomic mass is 32.2. The highest BCUT2D eigenvalue weighted by Gasteiger charge is 2.27. The van der Waals surface area contributed by atoms with Crippen LogP contribution in [0.15, 0.2) is 60.8 Å². The summed E-state index contributed by atoms with van der Waals surface area (Å²) in [4.78, 5) is 36.4. The van der Waals surface area contributed by atoms with Crippen molar-refractivity contribution in [2.24, 2.45) is 10.1 Å². The average molecular weight is 891 g/mol. The number of ether oxygens (including phenoxy) is 2. The third kappa shape index (κ3) is 17.9. The molecule has 0 saturated carbocycles. The molecule has 0 bridgehead atoms. The van der Waals surface area contributed by atoms with Gasteiger partial charge in [-0.25, -0.2) is 28.0 Å². The largest absolute Gasteiger partial charge is 0.444 e. The fraction of sp³-hybridized carbons (Fsp3) is 0.371. The van der Waals surface area contributed by atoms with E-state index in [-0.39, 0.29) is 58.8 Å². The number of aliphatic imine (C=N–C) groups is 1. The van der Waals surface area contributed by atoms with E-state index in [0.29, 0.717) is 28.6 Å². The number of aromatic nitrogens is 4. The number of nitrogens with one attached hydrogen (secondary N) is 3. The average Bonchev–Trinajstić information content (AvgIpc) is 3.88. The molecule has 0 fully saturated rings. The third-order valence-corrected chi connectivity index (χ3v) is 7.62. The molecule has 0 saturated heterocycles. The van der Waals surface area contributed by atoms with Crippen molar-refractivity contribution in [2.45, 2.75) is 64.2 Å². The van der Waals surface area contributed by atoms with Crippen LogP contribution in [0.25, 0.3) is 0 Å². The van der Waals surface area contributed by atoms with Crippen LogP contribution < -0.4 is 16.1 Å². The molecule has 0 aliphatic rings. The first-order valence-corrected chi connectivity index (χ1v) is 18.9. The number of hydrogen-bond acceptors (Lipinski definition) is 20. The highest BCUT2D eigenvalue weighted by Crippen LogP contribution is 2.23. The summed E-state index contributed by atoms with van der Waals surface area (Å²) in [7, 11) is 0. The Morgan fingerprint density at radius 3 is 2.02 bits per heavy atom. The van der Waals surface area contributed by atoms with Gasteiger partial charge in [0.15, 0.2) is 21.7 Å². The number of halogens is 2. The maximum atomic E-state index is 13.4. The van der Waals surface area contributed by atoms with E-state index in [9.17, 15) is 33.7 Å². The van der Waals surface area contributed by atoms with Crippen LogP contribution in [0.4, 0.5) is 29.9 Å². The van der Waals surface area contributed by atoms with E-state index in [1.54, 1.807) is 32.9 Å². The normalized spacial score (nSPS) is 11.3. The number of oxime groups is 1. The number of rotatable bonds is 12. The van der Waals surface area contributed by atoms with E-state index in [1.165, 1.54) is 36.0 Å². The minimum Gasteiger partial charge on any atom is -0.444 e. The fourth-order valence-corrected chi connectivity index (χ4v) is 4.91. The van der Waals surface area contributed by atoms with Crippen molar-refractivity contribution < 1.29 is 52.4 Å². The fourth-order valence-electron chi connectivity index (χ4n) is 4.05. The van der Waals surface area contributed by atoms with Crippen molar-refractivity contribution in [1.29, 1.82) is 10.5 Å². The number of amidine groups is 1. The number of alkyl carbamates (subject to hydrolysis) is 2. The van der Waals surface area contributed by atoms with Crippen molar-refractivity contribution in [3.8, 4) is 12.1 Å². The highest BCUT2D eigenvalue weighted by molar-refractivity contribution is 7.99. The number of nitro groups is 1. The summed E-state index contributed by atoms with van der Waals surface area (Å²) >= 11 is 5.13. The maximum absolute atomic E-state index is 13.4. The Morgan fingerprint density at radius 1 is 0.918 bits per heavy atom. The molecule has 0 aliphatic heterocycles. The summed E-state index contributed by atoms with van der Waals surface area (Å²) < 4.78 is 45.7. The summed E-state index contributed by atoms with van der Waals surface area (Å²) in [6.45, 7) is 11.6. The Labute approximate surface area is 355 Å². The second kappa shape index (κ2) is 24.2. The number of thiol groups is 1. The Morgan fingerprint density at radius 2 is 1.48 bits per heavy atom.